The van der Waals surface area contributed by atoms with Gasteiger partial charge in [-0.15, -0.1) is 0 Å². The maximum absolute atomic E-state index is 13.9. The molecule has 5 aromatic rings. The van der Waals surface area contributed by atoms with Crippen molar-refractivity contribution in [3.63, 3.8) is 0 Å². The summed E-state index contributed by atoms with van der Waals surface area (Å²) in [6.07, 6.45) is 1.55. The van der Waals surface area contributed by atoms with Crippen molar-refractivity contribution in [2.75, 3.05) is 5.32 Å². The number of fused-ring (bicyclic) bond motifs is 6. The third-order valence-corrected chi connectivity index (χ3v) is 4.98. The topological polar surface area (TPSA) is 70.9 Å². The molecular formula is C22H16FN3O2. The smallest absolute Gasteiger partial charge is 0.296 e. The minimum absolute atomic E-state index is 0.0207. The zero-order valence-corrected chi connectivity index (χ0v) is 15.0. The highest BCUT2D eigenvalue weighted by atomic mass is 19.1. The molecular weight excluding hydrogens is 357 g/mol. The van der Waals surface area contributed by atoms with Crippen LogP contribution in [0.4, 0.5) is 10.4 Å². The van der Waals surface area contributed by atoms with Crippen LogP contribution >= 0.6 is 0 Å². The van der Waals surface area contributed by atoms with Crippen molar-refractivity contribution >= 4 is 38.7 Å². The number of halogens is 1. The largest absolute Gasteiger partial charge is 0.423 e. The van der Waals surface area contributed by atoms with Crippen molar-refractivity contribution in [3.8, 4) is 0 Å². The number of rotatable bonds is 3. The van der Waals surface area contributed by atoms with Gasteiger partial charge in [-0.25, -0.2) is 4.39 Å². The lowest BCUT2D eigenvalue weighted by Gasteiger charge is -2.11. The number of nitrogens with zero attached hydrogens (tertiary/aromatic N) is 1. The van der Waals surface area contributed by atoms with E-state index in [0.29, 0.717) is 38.7 Å². The van der Waals surface area contributed by atoms with Gasteiger partial charge in [0.2, 0.25) is 0 Å². The predicted molar refractivity (Wildman–Crippen MR) is 108 cm³/mol. The van der Waals surface area contributed by atoms with Crippen molar-refractivity contribution in [1.82, 2.24) is 9.97 Å². The first kappa shape index (κ1) is 16.5. The van der Waals surface area contributed by atoms with E-state index >= 15 is 0 Å². The van der Waals surface area contributed by atoms with Crippen LogP contribution < -0.4 is 10.9 Å². The van der Waals surface area contributed by atoms with Gasteiger partial charge < -0.3 is 14.7 Å². The van der Waals surface area contributed by atoms with Crippen LogP contribution in [0.25, 0.3) is 32.6 Å². The van der Waals surface area contributed by atoms with E-state index in [0.717, 1.165) is 5.56 Å². The molecule has 2 N–H and O–H groups in total. The van der Waals surface area contributed by atoms with E-state index < -0.39 is 5.82 Å². The van der Waals surface area contributed by atoms with Crippen LogP contribution in [0, 0.1) is 5.82 Å². The Morgan fingerprint density at radius 3 is 2.71 bits per heavy atom. The second kappa shape index (κ2) is 6.20. The molecule has 1 atom stereocenters. The minimum Gasteiger partial charge on any atom is -0.423 e. The molecule has 0 fully saturated rings. The van der Waals surface area contributed by atoms with Crippen LogP contribution in [-0.4, -0.2) is 9.97 Å². The van der Waals surface area contributed by atoms with Gasteiger partial charge in [-0.3, -0.25) is 4.79 Å². The summed E-state index contributed by atoms with van der Waals surface area (Å²) < 4.78 is 19.9. The van der Waals surface area contributed by atoms with Crippen LogP contribution in [0.15, 0.2) is 70.0 Å². The molecule has 0 amide bonds. The lowest BCUT2D eigenvalue weighted by atomic mass is 10.0. The number of hydrogen-bond acceptors (Lipinski definition) is 4. The SMILES string of the molecule is C[C@@H](Nc1nc2c3ccc(F)cc3c3c(=O)[nH]ccc3c2o1)c1ccccc1. The molecule has 0 bridgehead atoms. The van der Waals surface area contributed by atoms with Crippen molar-refractivity contribution in [3.05, 3.63) is 82.5 Å². The highest BCUT2D eigenvalue weighted by molar-refractivity contribution is 6.22. The Morgan fingerprint density at radius 2 is 1.89 bits per heavy atom. The van der Waals surface area contributed by atoms with E-state index in [4.69, 9.17) is 4.42 Å². The molecule has 0 aliphatic heterocycles. The molecule has 3 aromatic carbocycles. The maximum Gasteiger partial charge on any atom is 0.296 e. The van der Waals surface area contributed by atoms with Crippen molar-refractivity contribution in [2.24, 2.45) is 0 Å². The van der Waals surface area contributed by atoms with Crippen molar-refractivity contribution < 1.29 is 8.81 Å². The van der Waals surface area contributed by atoms with Crippen LogP contribution in [0.1, 0.15) is 18.5 Å². The summed E-state index contributed by atoms with van der Waals surface area (Å²) in [6, 6.07) is 16.4. The fourth-order valence-corrected chi connectivity index (χ4v) is 3.62. The average molecular weight is 373 g/mol. The fourth-order valence-electron chi connectivity index (χ4n) is 3.62. The summed E-state index contributed by atoms with van der Waals surface area (Å²) in [7, 11) is 0. The second-order valence-corrected chi connectivity index (χ2v) is 6.76. The van der Waals surface area contributed by atoms with E-state index in [1.807, 2.05) is 37.3 Å². The number of anilines is 1. The Balaban J connectivity index is 1.75. The first-order valence-electron chi connectivity index (χ1n) is 8.96. The summed E-state index contributed by atoms with van der Waals surface area (Å²) >= 11 is 0. The van der Waals surface area contributed by atoms with Gasteiger partial charge in [0, 0.05) is 22.4 Å². The molecule has 2 heterocycles. The van der Waals surface area contributed by atoms with Gasteiger partial charge in [-0.2, -0.15) is 4.98 Å². The highest BCUT2D eigenvalue weighted by Crippen LogP contribution is 2.35. The quantitative estimate of drug-likeness (QED) is 0.430. The van der Waals surface area contributed by atoms with E-state index in [1.165, 1.54) is 12.1 Å². The number of hydrogen-bond donors (Lipinski definition) is 2. The lowest BCUT2D eigenvalue weighted by Crippen LogP contribution is -2.06. The van der Waals surface area contributed by atoms with Gasteiger partial charge in [0.1, 0.15) is 11.3 Å². The van der Waals surface area contributed by atoms with Gasteiger partial charge in [-0.1, -0.05) is 30.3 Å². The summed E-state index contributed by atoms with van der Waals surface area (Å²) in [4.78, 5) is 19.7. The Hall–Kier alpha value is -3.67. The van der Waals surface area contributed by atoms with E-state index in [1.54, 1.807) is 18.3 Å². The van der Waals surface area contributed by atoms with Crippen molar-refractivity contribution in [1.29, 1.82) is 0 Å². The first-order chi connectivity index (χ1) is 13.6. The molecule has 0 aliphatic carbocycles. The zero-order chi connectivity index (χ0) is 19.3. The van der Waals surface area contributed by atoms with Gasteiger partial charge in [0.05, 0.1) is 11.4 Å². The molecule has 6 heteroatoms. The predicted octanol–water partition coefficient (Wildman–Crippen LogP) is 5.13. The Labute approximate surface area is 158 Å². The summed E-state index contributed by atoms with van der Waals surface area (Å²) in [5.74, 6) is -0.407. The summed E-state index contributed by atoms with van der Waals surface area (Å²) in [6.45, 7) is 2.01. The molecule has 28 heavy (non-hydrogen) atoms. The molecule has 0 saturated heterocycles. The average Bonchev–Trinajstić information content (AvgIpc) is 3.12. The molecule has 138 valence electrons. The normalized spacial score (nSPS) is 12.6. The van der Waals surface area contributed by atoms with E-state index in [2.05, 4.69) is 15.3 Å². The third kappa shape index (κ3) is 2.53. The minimum atomic E-state index is -0.407. The third-order valence-electron chi connectivity index (χ3n) is 4.98. The molecule has 0 spiro atoms. The fraction of sp³-hybridized carbons (Fsp3) is 0.0909. The summed E-state index contributed by atoms with van der Waals surface area (Å²) in [5, 5.41) is 5.44. The number of aromatic nitrogens is 2. The van der Waals surface area contributed by atoms with Crippen LogP contribution in [0.3, 0.4) is 0 Å². The Kier molecular flexibility index (Phi) is 3.65. The Bertz CT molecular complexity index is 1390. The lowest BCUT2D eigenvalue weighted by molar-refractivity contribution is 0.606. The zero-order valence-electron chi connectivity index (χ0n) is 15.0. The number of pyridine rings is 1. The Morgan fingerprint density at radius 1 is 1.07 bits per heavy atom. The molecule has 5 rings (SSSR count). The van der Waals surface area contributed by atoms with Gasteiger partial charge in [-0.05, 0) is 36.8 Å². The van der Waals surface area contributed by atoms with Crippen LogP contribution in [0.5, 0.6) is 0 Å². The molecule has 2 aromatic heterocycles. The van der Waals surface area contributed by atoms with E-state index in [-0.39, 0.29) is 11.6 Å². The van der Waals surface area contributed by atoms with Crippen LogP contribution in [0.2, 0.25) is 0 Å². The maximum atomic E-state index is 13.9. The van der Waals surface area contributed by atoms with Crippen LogP contribution in [-0.2, 0) is 0 Å². The molecule has 0 unspecified atom stereocenters. The van der Waals surface area contributed by atoms with Gasteiger partial charge in [0.25, 0.3) is 11.6 Å². The molecule has 0 radical (unpaired) electrons. The number of oxazole rings is 1. The monoisotopic (exact) mass is 373 g/mol. The molecule has 0 saturated carbocycles. The summed E-state index contributed by atoms with van der Waals surface area (Å²) in [5.41, 5.74) is 1.90. The second-order valence-electron chi connectivity index (χ2n) is 6.76. The molecule has 5 nitrogen and oxygen atoms in total. The number of benzene rings is 3. The highest BCUT2D eigenvalue weighted by Gasteiger charge is 2.18. The van der Waals surface area contributed by atoms with Gasteiger partial charge in [0.15, 0.2) is 5.58 Å². The number of aromatic amines is 1. The van der Waals surface area contributed by atoms with Gasteiger partial charge >= 0.3 is 0 Å². The number of nitrogens with one attached hydrogen (secondary N) is 2. The van der Waals surface area contributed by atoms with E-state index in [9.17, 15) is 9.18 Å². The van der Waals surface area contributed by atoms with Crippen molar-refractivity contribution in [2.45, 2.75) is 13.0 Å². The standard InChI is InChI=1S/C22H16FN3O2/c1-12(13-5-3-2-4-6-13)25-22-26-19-15-8-7-14(23)11-17(15)18-16(20(19)28-22)9-10-24-21(18)27/h2-12H,1H3,(H,24,27)(H,25,26)/t12-/m1/s1. The molecule has 0 aliphatic rings. The first-order valence-corrected chi connectivity index (χ1v) is 8.96. The number of H-pyrrole nitrogens is 1.